The van der Waals surface area contributed by atoms with Gasteiger partial charge in [-0.05, 0) is 67.3 Å². The van der Waals surface area contributed by atoms with Crippen molar-refractivity contribution in [2.45, 2.75) is 25.3 Å². The number of nitrogens with zero attached hydrogens (tertiary/aromatic N) is 1. The van der Waals surface area contributed by atoms with Crippen molar-refractivity contribution in [2.24, 2.45) is 0 Å². The van der Waals surface area contributed by atoms with E-state index in [9.17, 15) is 18.0 Å². The van der Waals surface area contributed by atoms with E-state index < -0.39 is 21.9 Å². The van der Waals surface area contributed by atoms with E-state index in [0.717, 1.165) is 15.6 Å². The molecule has 1 amide bonds. The van der Waals surface area contributed by atoms with Crippen molar-refractivity contribution in [1.82, 2.24) is 5.32 Å². The van der Waals surface area contributed by atoms with Gasteiger partial charge in [0.1, 0.15) is 15.5 Å². The SMILES string of the molecule is CCOC(=O)c1cccc(CNC(=O)c2sccc2S(=O)(=O)N(C)c2ccc(OCC)cc2)c1. The van der Waals surface area contributed by atoms with Gasteiger partial charge in [0.2, 0.25) is 0 Å². The molecule has 1 heterocycles. The van der Waals surface area contributed by atoms with Crippen molar-refractivity contribution in [2.75, 3.05) is 24.6 Å². The van der Waals surface area contributed by atoms with Crippen molar-refractivity contribution < 1.29 is 27.5 Å². The van der Waals surface area contributed by atoms with Gasteiger partial charge in [0.15, 0.2) is 0 Å². The summed E-state index contributed by atoms with van der Waals surface area (Å²) >= 11 is 1.04. The van der Waals surface area contributed by atoms with Gasteiger partial charge in [-0.3, -0.25) is 9.10 Å². The molecule has 3 rings (SSSR count). The van der Waals surface area contributed by atoms with Crippen LogP contribution in [0.25, 0.3) is 0 Å². The van der Waals surface area contributed by atoms with Crippen molar-refractivity contribution in [3.05, 3.63) is 76.0 Å². The van der Waals surface area contributed by atoms with Gasteiger partial charge in [-0.25, -0.2) is 13.2 Å². The van der Waals surface area contributed by atoms with Crippen LogP contribution in [0, 0.1) is 0 Å². The van der Waals surface area contributed by atoms with E-state index in [4.69, 9.17) is 9.47 Å². The second kappa shape index (κ2) is 11.2. The molecule has 0 bridgehead atoms. The first-order valence-corrected chi connectivity index (χ1v) is 12.9. The van der Waals surface area contributed by atoms with E-state index in [1.54, 1.807) is 60.8 Å². The number of hydrogen-bond donors (Lipinski definition) is 1. The number of hydrogen-bond acceptors (Lipinski definition) is 7. The number of sulfonamides is 1. The fraction of sp³-hybridized carbons (Fsp3) is 0.250. The third-order valence-corrected chi connectivity index (χ3v) is 7.75. The first kappa shape index (κ1) is 25.3. The molecular formula is C24H26N2O6S2. The van der Waals surface area contributed by atoms with E-state index in [1.165, 1.54) is 13.1 Å². The number of carbonyl (C=O) groups is 2. The molecule has 3 aromatic rings. The maximum atomic E-state index is 13.3. The number of esters is 1. The summed E-state index contributed by atoms with van der Waals surface area (Å²) in [6.07, 6.45) is 0. The topological polar surface area (TPSA) is 102 Å². The van der Waals surface area contributed by atoms with Gasteiger partial charge in [0.25, 0.3) is 15.9 Å². The first-order chi connectivity index (χ1) is 16.3. The highest BCUT2D eigenvalue weighted by molar-refractivity contribution is 7.93. The third kappa shape index (κ3) is 5.75. The minimum Gasteiger partial charge on any atom is -0.494 e. The fourth-order valence-corrected chi connectivity index (χ4v) is 5.67. The molecule has 34 heavy (non-hydrogen) atoms. The molecule has 10 heteroatoms. The number of carbonyl (C=O) groups excluding carboxylic acids is 2. The van der Waals surface area contributed by atoms with Crippen molar-refractivity contribution >= 4 is 38.9 Å². The van der Waals surface area contributed by atoms with Crippen molar-refractivity contribution in [3.8, 4) is 5.75 Å². The van der Waals surface area contributed by atoms with Crippen LogP contribution in [-0.2, 0) is 21.3 Å². The van der Waals surface area contributed by atoms with E-state index in [2.05, 4.69) is 5.32 Å². The van der Waals surface area contributed by atoms with Crippen LogP contribution >= 0.6 is 11.3 Å². The average Bonchev–Trinajstić information content (AvgIpc) is 3.34. The molecule has 0 atom stereocenters. The average molecular weight is 503 g/mol. The van der Waals surface area contributed by atoms with Gasteiger partial charge < -0.3 is 14.8 Å². The molecule has 1 N–H and O–H groups in total. The number of anilines is 1. The van der Waals surface area contributed by atoms with Gasteiger partial charge in [-0.1, -0.05) is 12.1 Å². The highest BCUT2D eigenvalue weighted by Gasteiger charge is 2.28. The zero-order valence-corrected chi connectivity index (χ0v) is 20.7. The Hall–Kier alpha value is -3.37. The van der Waals surface area contributed by atoms with Crippen LogP contribution in [-0.4, -0.2) is 40.6 Å². The largest absolute Gasteiger partial charge is 0.494 e. The summed E-state index contributed by atoms with van der Waals surface area (Å²) in [6.45, 7) is 4.49. The Bertz CT molecular complexity index is 1250. The molecule has 0 aliphatic rings. The quantitative estimate of drug-likeness (QED) is 0.419. The molecule has 0 spiro atoms. The van der Waals surface area contributed by atoms with Crippen molar-refractivity contribution in [1.29, 1.82) is 0 Å². The van der Waals surface area contributed by atoms with E-state index in [0.29, 0.717) is 29.2 Å². The number of ether oxygens (including phenoxy) is 2. The number of amides is 1. The van der Waals surface area contributed by atoms with Crippen LogP contribution in [0.5, 0.6) is 5.75 Å². The lowest BCUT2D eigenvalue weighted by Crippen LogP contribution is -2.29. The summed E-state index contributed by atoms with van der Waals surface area (Å²) in [5.41, 5.74) is 1.51. The summed E-state index contributed by atoms with van der Waals surface area (Å²) in [5, 5.41) is 4.30. The highest BCUT2D eigenvalue weighted by Crippen LogP contribution is 2.29. The standard InChI is InChI=1S/C24H26N2O6S2/c1-4-31-20-11-9-19(10-12-20)26(3)34(29,30)21-13-14-33-22(21)23(27)25-16-17-7-6-8-18(15-17)24(28)32-5-2/h6-15H,4-5,16H2,1-3H3,(H,25,27). The van der Waals surface area contributed by atoms with Gasteiger partial charge in [-0.15, -0.1) is 11.3 Å². The normalized spacial score (nSPS) is 11.0. The smallest absolute Gasteiger partial charge is 0.338 e. The molecule has 0 fully saturated rings. The van der Waals surface area contributed by atoms with E-state index in [1.807, 2.05) is 6.92 Å². The Balaban J connectivity index is 1.74. The Morgan fingerprint density at radius 3 is 2.44 bits per heavy atom. The zero-order valence-electron chi connectivity index (χ0n) is 19.1. The minimum absolute atomic E-state index is 0.0772. The van der Waals surface area contributed by atoms with Crippen LogP contribution in [0.4, 0.5) is 5.69 Å². The van der Waals surface area contributed by atoms with E-state index in [-0.39, 0.29) is 22.9 Å². The van der Waals surface area contributed by atoms with Crippen LogP contribution in [0.3, 0.4) is 0 Å². The maximum absolute atomic E-state index is 13.3. The van der Waals surface area contributed by atoms with Gasteiger partial charge in [-0.2, -0.15) is 0 Å². The highest BCUT2D eigenvalue weighted by atomic mass is 32.2. The second-order valence-corrected chi connectivity index (χ2v) is 9.97. The molecule has 2 aromatic carbocycles. The van der Waals surface area contributed by atoms with Crippen molar-refractivity contribution in [3.63, 3.8) is 0 Å². The third-order valence-electron chi connectivity index (χ3n) is 4.88. The van der Waals surface area contributed by atoms with Gasteiger partial charge in [0, 0.05) is 13.6 Å². The molecular weight excluding hydrogens is 476 g/mol. The number of nitrogens with one attached hydrogen (secondary N) is 1. The van der Waals surface area contributed by atoms with Crippen LogP contribution < -0.4 is 14.4 Å². The Morgan fingerprint density at radius 2 is 1.76 bits per heavy atom. The summed E-state index contributed by atoms with van der Waals surface area (Å²) in [7, 11) is -2.54. The Morgan fingerprint density at radius 1 is 1.03 bits per heavy atom. The lowest BCUT2D eigenvalue weighted by Gasteiger charge is -2.20. The molecule has 0 saturated heterocycles. The summed E-state index contributed by atoms with van der Waals surface area (Å²) < 4.78 is 38.0. The fourth-order valence-electron chi connectivity index (χ4n) is 3.16. The van der Waals surface area contributed by atoms with E-state index >= 15 is 0 Å². The molecule has 1 aromatic heterocycles. The molecule has 8 nitrogen and oxygen atoms in total. The Labute approximate surface area is 203 Å². The lowest BCUT2D eigenvalue weighted by molar-refractivity contribution is 0.0526. The molecule has 0 radical (unpaired) electrons. The lowest BCUT2D eigenvalue weighted by atomic mass is 10.1. The molecule has 0 aliphatic carbocycles. The number of benzene rings is 2. The molecule has 0 aliphatic heterocycles. The van der Waals surface area contributed by atoms with Crippen LogP contribution in [0.2, 0.25) is 0 Å². The Kier molecular flexibility index (Phi) is 8.30. The zero-order chi connectivity index (χ0) is 24.7. The van der Waals surface area contributed by atoms with Crippen LogP contribution in [0.1, 0.15) is 39.4 Å². The maximum Gasteiger partial charge on any atom is 0.338 e. The minimum atomic E-state index is -3.98. The monoisotopic (exact) mass is 502 g/mol. The second-order valence-electron chi connectivity index (χ2n) is 7.12. The predicted octanol–water partition coefficient (Wildman–Crippen LogP) is 4.08. The summed E-state index contributed by atoms with van der Waals surface area (Å²) in [6, 6.07) is 14.8. The molecule has 0 saturated carbocycles. The van der Waals surface area contributed by atoms with Gasteiger partial charge >= 0.3 is 5.97 Å². The summed E-state index contributed by atoms with van der Waals surface area (Å²) in [4.78, 5) is 24.8. The van der Waals surface area contributed by atoms with Gasteiger partial charge in [0.05, 0.1) is 24.5 Å². The number of rotatable bonds is 10. The number of thiophene rings is 1. The first-order valence-electron chi connectivity index (χ1n) is 10.6. The summed E-state index contributed by atoms with van der Waals surface area (Å²) in [5.74, 6) is -0.325. The van der Waals surface area contributed by atoms with Crippen LogP contribution in [0.15, 0.2) is 64.9 Å². The predicted molar refractivity (Wildman–Crippen MR) is 131 cm³/mol. The molecule has 180 valence electrons. The molecule has 0 unspecified atom stereocenters.